The summed E-state index contributed by atoms with van der Waals surface area (Å²) in [6.45, 7) is 1.21. The number of rotatable bonds is 3. The third-order valence-corrected chi connectivity index (χ3v) is 3.62. The number of ether oxygens (including phenoxy) is 1. The number of nitriles is 1. The van der Waals surface area contributed by atoms with Crippen molar-refractivity contribution in [2.24, 2.45) is 0 Å². The van der Waals surface area contributed by atoms with Gasteiger partial charge in [0.15, 0.2) is 0 Å². The lowest BCUT2D eigenvalue weighted by atomic mass is 10.1. The van der Waals surface area contributed by atoms with E-state index in [2.05, 4.69) is 4.98 Å². The molecule has 1 amide bonds. The quantitative estimate of drug-likeness (QED) is 0.870. The number of amides is 1. The van der Waals surface area contributed by atoms with Crippen molar-refractivity contribution in [1.29, 1.82) is 5.26 Å². The molecule has 110 valence electrons. The predicted molar refractivity (Wildman–Crippen MR) is 80.3 cm³/mol. The average molecular weight is 293 g/mol. The summed E-state index contributed by atoms with van der Waals surface area (Å²) in [5, 5.41) is 8.79. The van der Waals surface area contributed by atoms with Crippen molar-refractivity contribution in [2.45, 2.75) is 12.5 Å². The Labute approximate surface area is 128 Å². The van der Waals surface area contributed by atoms with E-state index in [0.29, 0.717) is 30.1 Å². The second-order valence-corrected chi connectivity index (χ2v) is 5.14. The Morgan fingerprint density at radius 3 is 2.77 bits per heavy atom. The number of hydrogen-bond acceptors (Lipinski definition) is 4. The lowest BCUT2D eigenvalue weighted by Gasteiger charge is -2.17. The Hall–Kier alpha value is -2.87. The molecule has 1 aromatic heterocycles. The van der Waals surface area contributed by atoms with Crippen LogP contribution in [0.15, 0.2) is 48.7 Å². The number of carbonyl (C=O) groups excluding carboxylic acids is 1. The fraction of sp³-hybridized carbons (Fsp3) is 0.235. The first kappa shape index (κ1) is 14.1. The fourth-order valence-electron chi connectivity index (χ4n) is 2.47. The number of hydrogen-bond donors (Lipinski definition) is 0. The van der Waals surface area contributed by atoms with Crippen molar-refractivity contribution in [1.82, 2.24) is 9.88 Å². The highest BCUT2D eigenvalue weighted by molar-refractivity contribution is 5.94. The van der Waals surface area contributed by atoms with Gasteiger partial charge in [-0.25, -0.2) is 4.98 Å². The average Bonchev–Trinajstić information content (AvgIpc) is 3.04. The van der Waals surface area contributed by atoms with Crippen LogP contribution in [0.25, 0.3) is 0 Å². The molecule has 2 heterocycles. The lowest BCUT2D eigenvalue weighted by Crippen LogP contribution is -2.31. The normalized spacial score (nSPS) is 17.0. The summed E-state index contributed by atoms with van der Waals surface area (Å²) in [6.07, 6.45) is 2.44. The first-order valence-corrected chi connectivity index (χ1v) is 7.13. The minimum atomic E-state index is -0.0309. The van der Waals surface area contributed by atoms with Gasteiger partial charge in [-0.1, -0.05) is 6.07 Å². The van der Waals surface area contributed by atoms with Crippen LogP contribution in [0.4, 0.5) is 0 Å². The molecule has 0 bridgehead atoms. The second kappa shape index (κ2) is 6.27. The molecule has 0 spiro atoms. The number of benzene rings is 1. The molecule has 1 aromatic carbocycles. The summed E-state index contributed by atoms with van der Waals surface area (Å²) in [7, 11) is 0. The number of likely N-dealkylation sites (tertiary alicyclic amines) is 1. The van der Waals surface area contributed by atoms with Gasteiger partial charge in [0.2, 0.25) is 5.88 Å². The lowest BCUT2D eigenvalue weighted by molar-refractivity contribution is 0.0771. The Morgan fingerprint density at radius 2 is 2.09 bits per heavy atom. The molecule has 1 atom stereocenters. The van der Waals surface area contributed by atoms with Crippen LogP contribution in [0, 0.1) is 11.3 Å². The SMILES string of the molecule is N#Cc1ccc(C(=O)N2CCC(Oc3ccccn3)C2)cc1. The van der Waals surface area contributed by atoms with Crippen LogP contribution in [-0.2, 0) is 0 Å². The second-order valence-electron chi connectivity index (χ2n) is 5.14. The molecule has 1 aliphatic heterocycles. The number of pyridine rings is 1. The van der Waals surface area contributed by atoms with Crippen LogP contribution in [0.3, 0.4) is 0 Å². The Kier molecular flexibility index (Phi) is 4.01. The summed E-state index contributed by atoms with van der Waals surface area (Å²) in [4.78, 5) is 18.3. The monoisotopic (exact) mass is 293 g/mol. The molecule has 0 radical (unpaired) electrons. The fourth-order valence-corrected chi connectivity index (χ4v) is 2.47. The zero-order valence-corrected chi connectivity index (χ0v) is 12.0. The first-order chi connectivity index (χ1) is 10.8. The summed E-state index contributed by atoms with van der Waals surface area (Å²) < 4.78 is 5.78. The van der Waals surface area contributed by atoms with Crippen LogP contribution in [-0.4, -0.2) is 35.0 Å². The van der Waals surface area contributed by atoms with Gasteiger partial charge < -0.3 is 9.64 Å². The minimum absolute atomic E-state index is 0.0303. The largest absolute Gasteiger partial charge is 0.472 e. The molecule has 0 aliphatic carbocycles. The van der Waals surface area contributed by atoms with Crippen molar-refractivity contribution in [2.75, 3.05) is 13.1 Å². The van der Waals surface area contributed by atoms with Crippen molar-refractivity contribution in [3.63, 3.8) is 0 Å². The van der Waals surface area contributed by atoms with Crippen LogP contribution in [0.1, 0.15) is 22.3 Å². The molecule has 1 unspecified atom stereocenters. The van der Waals surface area contributed by atoms with Gasteiger partial charge in [0.1, 0.15) is 6.10 Å². The van der Waals surface area contributed by atoms with E-state index in [-0.39, 0.29) is 12.0 Å². The van der Waals surface area contributed by atoms with Gasteiger partial charge in [-0.2, -0.15) is 5.26 Å². The predicted octanol–water partition coefficient (Wildman–Crippen LogP) is 2.25. The summed E-state index contributed by atoms with van der Waals surface area (Å²) in [5.74, 6) is 0.553. The molecular formula is C17H15N3O2. The van der Waals surface area contributed by atoms with E-state index in [1.165, 1.54) is 0 Å². The molecule has 1 saturated heterocycles. The van der Waals surface area contributed by atoms with Gasteiger partial charge in [-0.15, -0.1) is 0 Å². The van der Waals surface area contributed by atoms with E-state index < -0.39 is 0 Å². The van der Waals surface area contributed by atoms with Crippen LogP contribution >= 0.6 is 0 Å². The van der Waals surface area contributed by atoms with Gasteiger partial charge in [0.05, 0.1) is 18.2 Å². The Balaban J connectivity index is 1.62. The van der Waals surface area contributed by atoms with E-state index in [9.17, 15) is 4.79 Å². The van der Waals surface area contributed by atoms with Gasteiger partial charge in [0, 0.05) is 30.8 Å². The molecule has 0 N–H and O–H groups in total. The maximum Gasteiger partial charge on any atom is 0.253 e. The van der Waals surface area contributed by atoms with E-state index >= 15 is 0 Å². The van der Waals surface area contributed by atoms with E-state index in [0.717, 1.165) is 6.42 Å². The molecule has 5 nitrogen and oxygen atoms in total. The summed E-state index contributed by atoms with van der Waals surface area (Å²) in [5.41, 5.74) is 1.15. The van der Waals surface area contributed by atoms with Crippen molar-refractivity contribution in [3.8, 4) is 11.9 Å². The van der Waals surface area contributed by atoms with Crippen LogP contribution in [0.2, 0.25) is 0 Å². The highest BCUT2D eigenvalue weighted by Gasteiger charge is 2.28. The maximum absolute atomic E-state index is 12.4. The first-order valence-electron chi connectivity index (χ1n) is 7.13. The molecule has 22 heavy (non-hydrogen) atoms. The van der Waals surface area contributed by atoms with Crippen molar-refractivity contribution < 1.29 is 9.53 Å². The molecule has 3 rings (SSSR count). The molecular weight excluding hydrogens is 278 g/mol. The number of nitrogens with zero attached hydrogens (tertiary/aromatic N) is 3. The minimum Gasteiger partial charge on any atom is -0.472 e. The smallest absolute Gasteiger partial charge is 0.253 e. The van der Waals surface area contributed by atoms with E-state index in [1.54, 1.807) is 35.4 Å². The number of aromatic nitrogens is 1. The Bertz CT molecular complexity index is 692. The summed E-state index contributed by atoms with van der Waals surface area (Å²) in [6, 6.07) is 14.3. The van der Waals surface area contributed by atoms with Gasteiger partial charge in [-0.3, -0.25) is 4.79 Å². The molecule has 1 aliphatic rings. The van der Waals surface area contributed by atoms with Gasteiger partial charge in [-0.05, 0) is 30.3 Å². The molecule has 2 aromatic rings. The maximum atomic E-state index is 12.4. The number of carbonyl (C=O) groups is 1. The Morgan fingerprint density at radius 1 is 1.27 bits per heavy atom. The van der Waals surface area contributed by atoms with Crippen molar-refractivity contribution >= 4 is 5.91 Å². The highest BCUT2D eigenvalue weighted by atomic mass is 16.5. The topological polar surface area (TPSA) is 66.2 Å². The zero-order valence-electron chi connectivity index (χ0n) is 12.0. The van der Waals surface area contributed by atoms with Crippen molar-refractivity contribution in [3.05, 3.63) is 59.8 Å². The summed E-state index contributed by atoms with van der Waals surface area (Å²) >= 11 is 0. The zero-order chi connectivity index (χ0) is 15.4. The molecule has 0 saturated carbocycles. The third-order valence-electron chi connectivity index (χ3n) is 3.62. The molecule has 5 heteroatoms. The van der Waals surface area contributed by atoms with Gasteiger partial charge in [0.25, 0.3) is 5.91 Å². The molecule has 1 fully saturated rings. The van der Waals surface area contributed by atoms with Crippen LogP contribution < -0.4 is 4.74 Å². The van der Waals surface area contributed by atoms with Crippen LogP contribution in [0.5, 0.6) is 5.88 Å². The van der Waals surface area contributed by atoms with Gasteiger partial charge >= 0.3 is 0 Å². The highest BCUT2D eigenvalue weighted by Crippen LogP contribution is 2.18. The standard InChI is InChI=1S/C17H15N3O2/c18-11-13-4-6-14(7-5-13)17(21)20-10-8-15(12-20)22-16-3-1-2-9-19-16/h1-7,9,15H,8,10,12H2. The van der Waals surface area contributed by atoms with E-state index in [4.69, 9.17) is 10.00 Å². The third kappa shape index (κ3) is 3.07. The van der Waals surface area contributed by atoms with E-state index in [1.807, 2.05) is 24.3 Å².